The van der Waals surface area contributed by atoms with Crippen LogP contribution >= 0.6 is 0 Å². The lowest BCUT2D eigenvalue weighted by molar-refractivity contribution is -0.890. The normalized spacial score (nSPS) is 11.4. The average molecular weight is 350 g/mol. The molecule has 0 unspecified atom stereocenters. The Bertz CT molecular complexity index is 180. The topological polar surface area (TPSA) is 0 Å². The summed E-state index contributed by atoms with van der Waals surface area (Å²) in [6.07, 6.45) is 17.2. The molecule has 0 spiro atoms. The first-order valence-electron chi connectivity index (χ1n) is 8.94. The second kappa shape index (κ2) is 15.8. The van der Waals surface area contributed by atoms with E-state index >= 15 is 0 Å². The maximum Gasteiger partial charge on any atom is 0.0782 e. The minimum absolute atomic E-state index is 0. The fourth-order valence-electron chi connectivity index (χ4n) is 2.73. The summed E-state index contributed by atoms with van der Waals surface area (Å²) in [6.45, 7) is 7.31. The van der Waals surface area contributed by atoms with Crippen molar-refractivity contribution in [3.05, 3.63) is 0 Å². The number of unbranched alkanes of at least 4 members (excludes halogenated alkanes) is 10. The Hall–Kier alpha value is 0.440. The number of hydrogen-bond acceptors (Lipinski definition) is 0. The molecule has 124 valence electrons. The van der Waals surface area contributed by atoms with E-state index in [1.807, 2.05) is 0 Å². The van der Waals surface area contributed by atoms with Gasteiger partial charge in [-0.1, -0.05) is 71.6 Å². The van der Waals surface area contributed by atoms with Crippen LogP contribution in [-0.2, 0) is 0 Å². The lowest BCUT2D eigenvalue weighted by Gasteiger charge is -2.29. The summed E-state index contributed by atoms with van der Waals surface area (Å²) >= 11 is 0. The van der Waals surface area contributed by atoms with E-state index < -0.39 is 0 Å². The highest BCUT2D eigenvalue weighted by Gasteiger charge is 2.12. The Labute approximate surface area is 139 Å². The lowest BCUT2D eigenvalue weighted by atomic mass is 10.1. The van der Waals surface area contributed by atoms with Crippen LogP contribution in [0.15, 0.2) is 0 Å². The van der Waals surface area contributed by atoms with Gasteiger partial charge in [0.2, 0.25) is 0 Å². The van der Waals surface area contributed by atoms with E-state index in [4.69, 9.17) is 0 Å². The summed E-state index contributed by atoms with van der Waals surface area (Å²) in [7, 11) is 4.78. The molecule has 0 aliphatic carbocycles. The minimum atomic E-state index is 0. The van der Waals surface area contributed by atoms with Crippen molar-refractivity contribution < 1.29 is 21.5 Å². The monoisotopic (exact) mass is 349 g/mol. The van der Waals surface area contributed by atoms with Gasteiger partial charge in [-0.15, -0.1) is 0 Å². The van der Waals surface area contributed by atoms with E-state index in [0.29, 0.717) is 0 Å². The zero-order valence-electron chi connectivity index (χ0n) is 14.7. The third-order valence-electron chi connectivity index (χ3n) is 4.23. The Morgan fingerprint density at radius 3 is 1.30 bits per heavy atom. The van der Waals surface area contributed by atoms with Gasteiger partial charge in [0.1, 0.15) is 0 Å². The van der Waals surface area contributed by atoms with Crippen LogP contribution in [0.5, 0.6) is 0 Å². The zero-order valence-corrected chi connectivity index (χ0v) is 16.3. The highest BCUT2D eigenvalue weighted by atomic mass is 79.9. The first-order valence-corrected chi connectivity index (χ1v) is 8.94. The van der Waals surface area contributed by atoms with Crippen LogP contribution in [0.4, 0.5) is 0 Å². The van der Waals surface area contributed by atoms with E-state index in [1.54, 1.807) is 0 Å². The number of nitrogens with zero attached hydrogens (tertiary/aromatic N) is 1. The zero-order chi connectivity index (χ0) is 14.4. The van der Waals surface area contributed by atoms with Crippen molar-refractivity contribution in [2.24, 2.45) is 0 Å². The molecular formula is C18H40BrN. The van der Waals surface area contributed by atoms with Gasteiger partial charge >= 0.3 is 0 Å². The Morgan fingerprint density at radius 1 is 0.500 bits per heavy atom. The van der Waals surface area contributed by atoms with Gasteiger partial charge in [-0.25, -0.2) is 0 Å². The predicted octanol–water partition coefficient (Wildman–Crippen LogP) is 2.79. The predicted molar refractivity (Wildman–Crippen MR) is 88.6 cm³/mol. The van der Waals surface area contributed by atoms with Crippen LogP contribution in [0.25, 0.3) is 0 Å². The standard InChI is InChI=1S/C18H40N.BrH/c1-5-7-9-10-11-12-13-14-15-16-18-19(3,4)17-8-6-2;/h5-18H2,1-4H3;1H/q+1;/p-1. The lowest BCUT2D eigenvalue weighted by Crippen LogP contribution is -3.00. The van der Waals surface area contributed by atoms with Crippen molar-refractivity contribution >= 4 is 0 Å². The fourth-order valence-corrected chi connectivity index (χ4v) is 2.73. The molecule has 0 amide bonds. The van der Waals surface area contributed by atoms with Gasteiger partial charge in [0.05, 0.1) is 27.2 Å². The molecule has 1 nitrogen and oxygen atoms in total. The molecule has 0 aliphatic heterocycles. The highest BCUT2D eigenvalue weighted by Crippen LogP contribution is 2.12. The van der Waals surface area contributed by atoms with E-state index in [2.05, 4.69) is 27.9 Å². The molecule has 0 aromatic heterocycles. The molecule has 0 aromatic rings. The van der Waals surface area contributed by atoms with Gasteiger partial charge in [0, 0.05) is 0 Å². The Kier molecular flexibility index (Phi) is 18.0. The first kappa shape index (κ1) is 22.7. The summed E-state index contributed by atoms with van der Waals surface area (Å²) in [6, 6.07) is 0. The van der Waals surface area contributed by atoms with Crippen molar-refractivity contribution in [2.45, 2.75) is 90.9 Å². The molecule has 0 aromatic carbocycles. The van der Waals surface area contributed by atoms with Gasteiger partial charge in [-0.2, -0.15) is 0 Å². The van der Waals surface area contributed by atoms with Crippen LogP contribution in [0, 0.1) is 0 Å². The summed E-state index contributed by atoms with van der Waals surface area (Å²) in [5.41, 5.74) is 0. The minimum Gasteiger partial charge on any atom is -1.00 e. The summed E-state index contributed by atoms with van der Waals surface area (Å²) < 4.78 is 1.23. The third-order valence-corrected chi connectivity index (χ3v) is 4.23. The fraction of sp³-hybridized carbons (Fsp3) is 1.00. The average Bonchev–Trinajstić information content (AvgIpc) is 2.38. The number of hydrogen-bond donors (Lipinski definition) is 0. The quantitative estimate of drug-likeness (QED) is 0.334. The second-order valence-electron chi connectivity index (χ2n) is 6.92. The van der Waals surface area contributed by atoms with Gasteiger partial charge in [-0.05, 0) is 19.3 Å². The van der Waals surface area contributed by atoms with Gasteiger partial charge < -0.3 is 21.5 Å². The molecule has 2 heteroatoms. The molecule has 0 fully saturated rings. The van der Waals surface area contributed by atoms with Crippen molar-refractivity contribution in [1.82, 2.24) is 0 Å². The Balaban J connectivity index is 0. The molecule has 20 heavy (non-hydrogen) atoms. The van der Waals surface area contributed by atoms with Crippen LogP contribution in [0.1, 0.15) is 90.9 Å². The summed E-state index contributed by atoms with van der Waals surface area (Å²) in [4.78, 5) is 0. The number of quaternary nitrogens is 1. The molecule has 0 bridgehead atoms. The molecule has 0 atom stereocenters. The van der Waals surface area contributed by atoms with Crippen LogP contribution in [-0.4, -0.2) is 31.7 Å². The van der Waals surface area contributed by atoms with Crippen molar-refractivity contribution in [1.29, 1.82) is 0 Å². The molecule has 0 heterocycles. The van der Waals surface area contributed by atoms with Gasteiger partial charge in [0.25, 0.3) is 0 Å². The Morgan fingerprint density at radius 2 is 0.850 bits per heavy atom. The SMILES string of the molecule is CCCCCCCCCCCC[N+](C)(C)CCCC.[Br-]. The highest BCUT2D eigenvalue weighted by molar-refractivity contribution is 4.47. The van der Waals surface area contributed by atoms with Crippen LogP contribution in [0.3, 0.4) is 0 Å². The molecule has 0 radical (unpaired) electrons. The molecule has 0 saturated carbocycles. The van der Waals surface area contributed by atoms with Crippen molar-refractivity contribution in [3.8, 4) is 0 Å². The molecular weight excluding hydrogens is 310 g/mol. The third kappa shape index (κ3) is 16.5. The van der Waals surface area contributed by atoms with E-state index in [-0.39, 0.29) is 17.0 Å². The second-order valence-corrected chi connectivity index (χ2v) is 6.92. The maximum absolute atomic E-state index is 2.39. The molecule has 0 saturated heterocycles. The van der Waals surface area contributed by atoms with Crippen LogP contribution in [0.2, 0.25) is 0 Å². The number of rotatable bonds is 14. The number of halogens is 1. The summed E-state index contributed by atoms with van der Waals surface area (Å²) in [5, 5.41) is 0. The van der Waals surface area contributed by atoms with Crippen molar-refractivity contribution in [2.75, 3.05) is 27.2 Å². The van der Waals surface area contributed by atoms with E-state index in [9.17, 15) is 0 Å². The first-order chi connectivity index (χ1) is 9.12. The maximum atomic E-state index is 2.39. The van der Waals surface area contributed by atoms with Crippen LogP contribution < -0.4 is 17.0 Å². The van der Waals surface area contributed by atoms with Gasteiger partial charge in [0.15, 0.2) is 0 Å². The molecule has 0 rings (SSSR count). The van der Waals surface area contributed by atoms with Crippen molar-refractivity contribution in [3.63, 3.8) is 0 Å². The molecule has 0 aliphatic rings. The van der Waals surface area contributed by atoms with E-state index in [0.717, 1.165) is 0 Å². The molecule has 0 N–H and O–H groups in total. The van der Waals surface area contributed by atoms with Gasteiger partial charge in [-0.3, -0.25) is 0 Å². The van der Waals surface area contributed by atoms with E-state index in [1.165, 1.54) is 94.6 Å². The largest absolute Gasteiger partial charge is 1.00 e. The smallest absolute Gasteiger partial charge is 0.0782 e. The summed E-state index contributed by atoms with van der Waals surface area (Å²) in [5.74, 6) is 0.